The number of hydrogen-bond donors (Lipinski definition) is 0. The maximum Gasteiger partial charge on any atom is 0.139 e. The lowest BCUT2D eigenvalue weighted by molar-refractivity contribution is 0.669. The van der Waals surface area contributed by atoms with Crippen LogP contribution in [0, 0.1) is 28.6 Å². The van der Waals surface area contributed by atoms with Crippen LogP contribution in [-0.2, 0) is 0 Å². The molecule has 0 aromatic heterocycles. The fourth-order valence-corrected chi connectivity index (χ4v) is 1.63. The highest BCUT2D eigenvalue weighted by Gasteiger charge is 2.17. The summed E-state index contributed by atoms with van der Waals surface area (Å²) in [7, 11) is 0. The van der Waals surface area contributed by atoms with Gasteiger partial charge in [-0.25, -0.2) is 0 Å². The summed E-state index contributed by atoms with van der Waals surface area (Å²) in [6, 6.07) is 12.2. The van der Waals surface area contributed by atoms with Gasteiger partial charge in [-0.3, -0.25) is 0 Å². The summed E-state index contributed by atoms with van der Waals surface area (Å²) < 4.78 is 0. The summed E-state index contributed by atoms with van der Waals surface area (Å²) in [4.78, 5) is 0. The Hall–Kier alpha value is -1.80. The van der Waals surface area contributed by atoms with Gasteiger partial charge in [0.1, 0.15) is 5.92 Å². The predicted octanol–water partition coefficient (Wildman–Crippen LogP) is 3.58. The van der Waals surface area contributed by atoms with E-state index in [-0.39, 0.29) is 5.92 Å². The highest BCUT2D eigenvalue weighted by molar-refractivity contribution is 5.29. The first-order valence-corrected chi connectivity index (χ1v) is 5.49. The van der Waals surface area contributed by atoms with Gasteiger partial charge in [0.25, 0.3) is 0 Å². The molecule has 1 atom stereocenters. The van der Waals surface area contributed by atoms with Crippen LogP contribution in [0.15, 0.2) is 24.3 Å². The molecule has 0 aliphatic rings. The normalized spacial score (nSPS) is 12.2. The van der Waals surface area contributed by atoms with Crippen LogP contribution in [0.2, 0.25) is 0 Å². The van der Waals surface area contributed by atoms with Crippen molar-refractivity contribution in [2.45, 2.75) is 32.6 Å². The highest BCUT2D eigenvalue weighted by Crippen LogP contribution is 2.25. The number of nitriles is 2. The van der Waals surface area contributed by atoms with Crippen LogP contribution in [-0.4, -0.2) is 0 Å². The summed E-state index contributed by atoms with van der Waals surface area (Å²) in [5.41, 5.74) is 2.33. The number of rotatable bonds is 3. The predicted molar refractivity (Wildman–Crippen MR) is 63.7 cm³/mol. The van der Waals surface area contributed by atoms with Crippen molar-refractivity contribution in [2.24, 2.45) is 5.92 Å². The minimum absolute atomic E-state index is 0.0313. The Bertz CT molecular complexity index is 404. The topological polar surface area (TPSA) is 47.6 Å². The molecule has 1 aromatic rings. The van der Waals surface area contributed by atoms with Crippen molar-refractivity contribution in [1.82, 2.24) is 0 Å². The van der Waals surface area contributed by atoms with Crippen molar-refractivity contribution in [2.75, 3.05) is 0 Å². The van der Waals surface area contributed by atoms with Crippen molar-refractivity contribution in [3.8, 4) is 12.1 Å². The Morgan fingerprint density at radius 3 is 1.69 bits per heavy atom. The molecule has 0 N–H and O–H groups in total. The van der Waals surface area contributed by atoms with Crippen LogP contribution in [0.4, 0.5) is 0 Å². The maximum atomic E-state index is 8.83. The summed E-state index contributed by atoms with van der Waals surface area (Å²) in [6.45, 7) is 6.21. The standard InChI is InChI=1S/C14H16N2/c1-10(2)12-4-6-13(7-5-12)11(3)14(8-15)9-16/h4-7,10-11,14H,1-3H3. The molecule has 0 bridgehead atoms. The van der Waals surface area contributed by atoms with E-state index in [1.807, 2.05) is 31.2 Å². The van der Waals surface area contributed by atoms with E-state index in [4.69, 9.17) is 10.5 Å². The minimum atomic E-state index is -0.565. The molecule has 0 heterocycles. The van der Waals surface area contributed by atoms with Gasteiger partial charge in [0, 0.05) is 5.92 Å². The average molecular weight is 212 g/mol. The largest absolute Gasteiger partial charge is 0.197 e. The second-order valence-corrected chi connectivity index (χ2v) is 4.35. The molecule has 0 amide bonds. The summed E-state index contributed by atoms with van der Waals surface area (Å²) in [5.74, 6) is -0.0896. The molecule has 0 saturated heterocycles. The quantitative estimate of drug-likeness (QED) is 0.768. The van der Waals surface area contributed by atoms with E-state index >= 15 is 0 Å². The molecule has 16 heavy (non-hydrogen) atoms. The van der Waals surface area contributed by atoms with E-state index in [0.29, 0.717) is 5.92 Å². The van der Waals surface area contributed by atoms with Crippen LogP contribution in [0.25, 0.3) is 0 Å². The third-order valence-electron chi connectivity index (χ3n) is 2.91. The third kappa shape index (κ3) is 2.61. The molecule has 1 rings (SSSR count). The Morgan fingerprint density at radius 1 is 0.875 bits per heavy atom. The number of hydrogen-bond acceptors (Lipinski definition) is 2. The van der Waals surface area contributed by atoms with Crippen LogP contribution in [0.3, 0.4) is 0 Å². The van der Waals surface area contributed by atoms with Gasteiger partial charge in [0.15, 0.2) is 0 Å². The van der Waals surface area contributed by atoms with Crippen molar-refractivity contribution < 1.29 is 0 Å². The Balaban J connectivity index is 2.91. The van der Waals surface area contributed by atoms with Gasteiger partial charge < -0.3 is 0 Å². The first-order valence-electron chi connectivity index (χ1n) is 5.49. The Labute approximate surface area is 97.1 Å². The molecule has 0 spiro atoms. The van der Waals surface area contributed by atoms with E-state index in [0.717, 1.165) is 5.56 Å². The van der Waals surface area contributed by atoms with Crippen LogP contribution >= 0.6 is 0 Å². The molecule has 0 fully saturated rings. The third-order valence-corrected chi connectivity index (χ3v) is 2.91. The summed E-state index contributed by atoms with van der Waals surface area (Å²) in [5, 5.41) is 17.7. The Kier molecular flexibility index (Phi) is 4.09. The zero-order valence-electron chi connectivity index (χ0n) is 9.94. The van der Waals surface area contributed by atoms with Crippen LogP contribution in [0.1, 0.15) is 43.7 Å². The second kappa shape index (κ2) is 5.33. The van der Waals surface area contributed by atoms with Gasteiger partial charge in [-0.05, 0) is 17.0 Å². The molecule has 1 unspecified atom stereocenters. The molecule has 82 valence electrons. The number of benzene rings is 1. The van der Waals surface area contributed by atoms with Crippen molar-refractivity contribution in [3.63, 3.8) is 0 Å². The first-order chi connectivity index (χ1) is 7.60. The van der Waals surface area contributed by atoms with E-state index in [2.05, 4.69) is 26.0 Å². The lowest BCUT2D eigenvalue weighted by atomic mass is 9.88. The molecular formula is C14H16N2. The molecule has 0 aliphatic carbocycles. The van der Waals surface area contributed by atoms with E-state index in [1.54, 1.807) is 0 Å². The number of nitrogens with zero attached hydrogens (tertiary/aromatic N) is 2. The lowest BCUT2D eigenvalue weighted by Crippen LogP contribution is -2.05. The van der Waals surface area contributed by atoms with Crippen LogP contribution in [0.5, 0.6) is 0 Å². The molecule has 0 aliphatic heterocycles. The monoisotopic (exact) mass is 212 g/mol. The Morgan fingerprint density at radius 2 is 1.31 bits per heavy atom. The van der Waals surface area contributed by atoms with Gasteiger partial charge in [-0.1, -0.05) is 45.0 Å². The zero-order chi connectivity index (χ0) is 12.1. The maximum absolute atomic E-state index is 8.83. The molecule has 1 aromatic carbocycles. The fourth-order valence-electron chi connectivity index (χ4n) is 1.63. The zero-order valence-corrected chi connectivity index (χ0v) is 9.94. The van der Waals surface area contributed by atoms with Gasteiger partial charge in [0.05, 0.1) is 12.1 Å². The fraction of sp³-hybridized carbons (Fsp3) is 0.429. The first kappa shape index (κ1) is 12.3. The van der Waals surface area contributed by atoms with Crippen molar-refractivity contribution in [1.29, 1.82) is 10.5 Å². The molecule has 0 saturated carbocycles. The van der Waals surface area contributed by atoms with E-state index in [9.17, 15) is 0 Å². The molecule has 0 radical (unpaired) electrons. The highest BCUT2D eigenvalue weighted by atomic mass is 14.3. The second-order valence-electron chi connectivity index (χ2n) is 4.35. The van der Waals surface area contributed by atoms with Gasteiger partial charge in [-0.15, -0.1) is 0 Å². The van der Waals surface area contributed by atoms with Gasteiger partial charge >= 0.3 is 0 Å². The molecule has 2 heteroatoms. The van der Waals surface area contributed by atoms with E-state index < -0.39 is 5.92 Å². The average Bonchev–Trinajstić information content (AvgIpc) is 2.30. The lowest BCUT2D eigenvalue weighted by Gasteiger charge is -2.13. The summed E-state index contributed by atoms with van der Waals surface area (Å²) >= 11 is 0. The van der Waals surface area contributed by atoms with E-state index in [1.165, 1.54) is 5.56 Å². The van der Waals surface area contributed by atoms with Gasteiger partial charge in [-0.2, -0.15) is 10.5 Å². The molecular weight excluding hydrogens is 196 g/mol. The van der Waals surface area contributed by atoms with Crippen molar-refractivity contribution >= 4 is 0 Å². The SMILES string of the molecule is CC(C)c1ccc(C(C)C(C#N)C#N)cc1. The smallest absolute Gasteiger partial charge is 0.139 e. The van der Waals surface area contributed by atoms with Gasteiger partial charge in [0.2, 0.25) is 0 Å². The summed E-state index contributed by atoms with van der Waals surface area (Å²) in [6.07, 6.45) is 0. The van der Waals surface area contributed by atoms with Crippen molar-refractivity contribution in [3.05, 3.63) is 35.4 Å². The molecule has 2 nitrogen and oxygen atoms in total. The van der Waals surface area contributed by atoms with Crippen LogP contribution < -0.4 is 0 Å². The minimum Gasteiger partial charge on any atom is -0.197 e.